The smallest absolute Gasteiger partial charge is 0.406 e. The van der Waals surface area contributed by atoms with Crippen LogP contribution in [-0.4, -0.2) is 21.4 Å². The van der Waals surface area contributed by atoms with Crippen LogP contribution in [0.25, 0.3) is 22.8 Å². The van der Waals surface area contributed by atoms with E-state index in [-0.39, 0.29) is 23.2 Å². The van der Waals surface area contributed by atoms with Gasteiger partial charge in [-0.2, -0.15) is 4.98 Å². The second-order valence-corrected chi connectivity index (χ2v) is 5.25. The largest absolute Gasteiger partial charge is 0.573 e. The summed E-state index contributed by atoms with van der Waals surface area (Å²) in [5.41, 5.74) is 1.31. The van der Waals surface area contributed by atoms with Gasteiger partial charge in [0.05, 0.1) is 4.92 Å². The number of rotatable bonds is 4. The fraction of sp³-hybridized carbons (Fsp3) is 0.125. The molecule has 3 rings (SSSR count). The molecule has 26 heavy (non-hydrogen) atoms. The summed E-state index contributed by atoms with van der Waals surface area (Å²) in [6, 6.07) is 9.33. The second-order valence-electron chi connectivity index (χ2n) is 5.25. The van der Waals surface area contributed by atoms with Gasteiger partial charge >= 0.3 is 6.36 Å². The van der Waals surface area contributed by atoms with E-state index in [0.29, 0.717) is 16.7 Å². The lowest BCUT2D eigenvalue weighted by atomic mass is 10.1. The number of aryl methyl sites for hydroxylation is 1. The standard InChI is InChI=1S/C16H10F3N3O4/c1-9-8-11(4-7-13(9)22(23)24)15-20-14(21-26-15)10-2-5-12(6-3-10)25-16(17,18)19/h2-8H,1H3. The quantitative estimate of drug-likeness (QED) is 0.499. The van der Waals surface area contributed by atoms with Gasteiger partial charge < -0.3 is 9.26 Å². The van der Waals surface area contributed by atoms with E-state index in [0.717, 1.165) is 12.1 Å². The zero-order valence-corrected chi connectivity index (χ0v) is 13.1. The first-order chi connectivity index (χ1) is 12.2. The number of alkyl halides is 3. The van der Waals surface area contributed by atoms with Crippen molar-refractivity contribution in [2.24, 2.45) is 0 Å². The molecule has 0 saturated heterocycles. The molecule has 0 amide bonds. The van der Waals surface area contributed by atoms with E-state index in [9.17, 15) is 23.3 Å². The topological polar surface area (TPSA) is 91.3 Å². The molecule has 0 fully saturated rings. The maximum absolute atomic E-state index is 12.2. The Bertz CT molecular complexity index is 952. The number of benzene rings is 2. The van der Waals surface area contributed by atoms with Crippen LogP contribution < -0.4 is 4.74 Å². The monoisotopic (exact) mass is 365 g/mol. The SMILES string of the molecule is Cc1cc(-c2nc(-c3ccc(OC(F)(F)F)cc3)no2)ccc1[N+](=O)[O-]. The lowest BCUT2D eigenvalue weighted by molar-refractivity contribution is -0.385. The molecule has 7 nitrogen and oxygen atoms in total. The number of halogens is 3. The molecule has 1 aromatic heterocycles. The van der Waals surface area contributed by atoms with Crippen molar-refractivity contribution in [3.8, 4) is 28.6 Å². The van der Waals surface area contributed by atoms with Crippen LogP contribution in [0.2, 0.25) is 0 Å². The Morgan fingerprint density at radius 2 is 1.77 bits per heavy atom. The Morgan fingerprint density at radius 1 is 1.12 bits per heavy atom. The molecule has 0 aliphatic rings. The molecule has 1 heterocycles. The fourth-order valence-electron chi connectivity index (χ4n) is 2.26. The highest BCUT2D eigenvalue weighted by Crippen LogP contribution is 2.28. The zero-order chi connectivity index (χ0) is 18.9. The van der Waals surface area contributed by atoms with Crippen molar-refractivity contribution in [3.63, 3.8) is 0 Å². The van der Waals surface area contributed by atoms with Crippen LogP contribution in [0.1, 0.15) is 5.56 Å². The molecule has 0 N–H and O–H groups in total. The molecule has 0 bridgehead atoms. The van der Waals surface area contributed by atoms with E-state index in [1.807, 2.05) is 0 Å². The number of hydrogen-bond donors (Lipinski definition) is 0. The Balaban J connectivity index is 1.84. The number of ether oxygens (including phenoxy) is 1. The van der Waals surface area contributed by atoms with Crippen LogP contribution in [0, 0.1) is 17.0 Å². The first-order valence-corrected chi connectivity index (χ1v) is 7.18. The summed E-state index contributed by atoms with van der Waals surface area (Å²) in [4.78, 5) is 14.5. The van der Waals surface area contributed by atoms with Gasteiger partial charge in [-0.3, -0.25) is 10.1 Å². The van der Waals surface area contributed by atoms with Gasteiger partial charge in [0.1, 0.15) is 5.75 Å². The first-order valence-electron chi connectivity index (χ1n) is 7.18. The highest BCUT2D eigenvalue weighted by atomic mass is 19.4. The van der Waals surface area contributed by atoms with E-state index in [1.54, 1.807) is 6.92 Å². The number of aromatic nitrogens is 2. The van der Waals surface area contributed by atoms with Crippen molar-refractivity contribution in [2.45, 2.75) is 13.3 Å². The third-order valence-corrected chi connectivity index (χ3v) is 3.41. The summed E-state index contributed by atoms with van der Waals surface area (Å²) < 4.78 is 45.4. The minimum atomic E-state index is -4.77. The van der Waals surface area contributed by atoms with E-state index in [2.05, 4.69) is 14.9 Å². The summed E-state index contributed by atoms with van der Waals surface area (Å²) in [6.45, 7) is 1.58. The predicted molar refractivity (Wildman–Crippen MR) is 83.2 cm³/mol. The van der Waals surface area contributed by atoms with Gasteiger partial charge in [-0.15, -0.1) is 13.2 Å². The Hall–Kier alpha value is -3.43. The van der Waals surface area contributed by atoms with E-state index in [1.165, 1.54) is 30.3 Å². The molecule has 0 aliphatic carbocycles. The Morgan fingerprint density at radius 3 is 2.35 bits per heavy atom. The molecule has 0 atom stereocenters. The molecular formula is C16H10F3N3O4. The average Bonchev–Trinajstić information content (AvgIpc) is 3.03. The van der Waals surface area contributed by atoms with Crippen LogP contribution in [0.4, 0.5) is 18.9 Å². The number of nitrogens with zero attached hydrogens (tertiary/aromatic N) is 3. The molecule has 10 heteroatoms. The molecule has 134 valence electrons. The van der Waals surface area contributed by atoms with Gasteiger partial charge in [-0.25, -0.2) is 0 Å². The molecule has 0 radical (unpaired) electrons. The molecule has 0 aliphatic heterocycles. The van der Waals surface area contributed by atoms with Crippen molar-refractivity contribution in [1.29, 1.82) is 0 Å². The van der Waals surface area contributed by atoms with Crippen molar-refractivity contribution < 1.29 is 27.4 Å². The van der Waals surface area contributed by atoms with Gasteiger partial charge in [-0.1, -0.05) is 5.16 Å². The normalized spacial score (nSPS) is 11.4. The fourth-order valence-corrected chi connectivity index (χ4v) is 2.26. The second kappa shape index (κ2) is 6.47. The van der Waals surface area contributed by atoms with Gasteiger partial charge in [0.25, 0.3) is 11.6 Å². The third kappa shape index (κ3) is 3.79. The molecule has 2 aromatic carbocycles. The summed E-state index contributed by atoms with van der Waals surface area (Å²) in [5.74, 6) is -0.0702. The van der Waals surface area contributed by atoms with Crippen LogP contribution in [-0.2, 0) is 0 Å². The maximum atomic E-state index is 12.2. The van der Waals surface area contributed by atoms with E-state index in [4.69, 9.17) is 4.52 Å². The zero-order valence-electron chi connectivity index (χ0n) is 13.1. The van der Waals surface area contributed by atoms with E-state index < -0.39 is 11.3 Å². The molecule has 3 aromatic rings. The number of hydrogen-bond acceptors (Lipinski definition) is 6. The maximum Gasteiger partial charge on any atom is 0.573 e. The summed E-state index contributed by atoms with van der Waals surface area (Å²) in [7, 11) is 0. The van der Waals surface area contributed by atoms with Crippen LogP contribution in [0.5, 0.6) is 5.75 Å². The third-order valence-electron chi connectivity index (χ3n) is 3.41. The minimum absolute atomic E-state index is 0.0336. The molecule has 0 unspecified atom stereocenters. The number of nitro benzene ring substituents is 1. The van der Waals surface area contributed by atoms with Crippen LogP contribution in [0.15, 0.2) is 47.0 Å². The average molecular weight is 365 g/mol. The highest BCUT2D eigenvalue weighted by Gasteiger charge is 2.31. The molecule has 0 spiro atoms. The molecule has 0 saturated carbocycles. The highest BCUT2D eigenvalue weighted by molar-refractivity contribution is 5.62. The number of nitro groups is 1. The van der Waals surface area contributed by atoms with Crippen LogP contribution in [0.3, 0.4) is 0 Å². The predicted octanol–water partition coefficient (Wildman–Crippen LogP) is 4.52. The lowest BCUT2D eigenvalue weighted by Gasteiger charge is -2.08. The van der Waals surface area contributed by atoms with Crippen molar-refractivity contribution >= 4 is 5.69 Å². The van der Waals surface area contributed by atoms with Crippen molar-refractivity contribution in [3.05, 3.63) is 58.1 Å². The summed E-state index contributed by atoms with van der Waals surface area (Å²) in [5, 5.41) is 14.6. The van der Waals surface area contributed by atoms with Crippen molar-refractivity contribution in [2.75, 3.05) is 0 Å². The van der Waals surface area contributed by atoms with Crippen molar-refractivity contribution in [1.82, 2.24) is 10.1 Å². The van der Waals surface area contributed by atoms with Gasteiger partial charge in [0.2, 0.25) is 5.82 Å². The summed E-state index contributed by atoms with van der Waals surface area (Å²) >= 11 is 0. The Kier molecular flexibility index (Phi) is 4.33. The molecular weight excluding hydrogens is 355 g/mol. The lowest BCUT2D eigenvalue weighted by Crippen LogP contribution is -2.16. The van der Waals surface area contributed by atoms with Gasteiger partial charge in [-0.05, 0) is 43.3 Å². The van der Waals surface area contributed by atoms with Gasteiger partial charge in [0, 0.05) is 22.8 Å². The van der Waals surface area contributed by atoms with Gasteiger partial charge in [0.15, 0.2) is 0 Å². The summed E-state index contributed by atoms with van der Waals surface area (Å²) in [6.07, 6.45) is -4.77. The minimum Gasteiger partial charge on any atom is -0.406 e. The van der Waals surface area contributed by atoms with Crippen LogP contribution >= 0.6 is 0 Å². The van der Waals surface area contributed by atoms with E-state index >= 15 is 0 Å². The first kappa shape index (κ1) is 17.4. The Labute approximate surface area is 144 Å².